The summed E-state index contributed by atoms with van der Waals surface area (Å²) in [7, 11) is 0. The van der Waals surface area contributed by atoms with Gasteiger partial charge in [-0.1, -0.05) is 26.0 Å². The second-order valence-corrected chi connectivity index (χ2v) is 10.5. The third-order valence-electron chi connectivity index (χ3n) is 7.25. The monoisotopic (exact) mass is 414 g/mol. The number of amides is 2. The number of nitrogens with one attached hydrogen (secondary N) is 2. The average Bonchev–Trinajstić information content (AvgIpc) is 2.69. The molecule has 0 heterocycles. The Bertz CT molecular complexity index is 724. The zero-order valence-corrected chi connectivity index (χ0v) is 18.5. The van der Waals surface area contributed by atoms with Crippen LogP contribution in [-0.4, -0.2) is 29.1 Å². The summed E-state index contributed by atoms with van der Waals surface area (Å²) in [6.45, 7) is 4.17. The smallest absolute Gasteiger partial charge is 0.252 e. The van der Waals surface area contributed by atoms with Crippen LogP contribution in [0.25, 0.3) is 0 Å². The first-order valence-electron chi connectivity index (χ1n) is 11.3. The Balaban J connectivity index is 1.36. The topological polar surface area (TPSA) is 58.2 Å². The van der Waals surface area contributed by atoms with E-state index in [0.717, 1.165) is 35.5 Å². The number of carbonyl (C=O) groups excluding carboxylic acids is 2. The fraction of sp³-hybridized carbons (Fsp3) is 0.667. The maximum Gasteiger partial charge on any atom is 0.252 e. The second kappa shape index (κ2) is 8.71. The van der Waals surface area contributed by atoms with Crippen molar-refractivity contribution in [2.45, 2.75) is 81.7 Å². The van der Waals surface area contributed by atoms with Gasteiger partial charge in [0.15, 0.2) is 0 Å². The van der Waals surface area contributed by atoms with Crippen LogP contribution < -0.4 is 10.6 Å². The van der Waals surface area contributed by atoms with Gasteiger partial charge >= 0.3 is 0 Å². The van der Waals surface area contributed by atoms with Crippen LogP contribution in [0.15, 0.2) is 29.2 Å². The number of hydrogen-bond donors (Lipinski definition) is 2. The first-order chi connectivity index (χ1) is 14.0. The second-order valence-electron chi connectivity index (χ2n) is 9.52. The van der Waals surface area contributed by atoms with E-state index in [0.29, 0.717) is 11.3 Å². The lowest BCUT2D eigenvalue weighted by Crippen LogP contribution is -2.60. The maximum atomic E-state index is 12.8. The van der Waals surface area contributed by atoms with Crippen LogP contribution in [0.2, 0.25) is 0 Å². The third-order valence-corrected chi connectivity index (χ3v) is 8.33. The fourth-order valence-electron chi connectivity index (χ4n) is 6.27. The molecule has 29 heavy (non-hydrogen) atoms. The number of thioether (sulfide) groups is 1. The molecule has 2 N–H and O–H groups in total. The summed E-state index contributed by atoms with van der Waals surface area (Å²) in [5, 5.41) is 6.54. The summed E-state index contributed by atoms with van der Waals surface area (Å²) in [5.41, 5.74) is 0.727. The molecule has 4 fully saturated rings. The third kappa shape index (κ3) is 4.65. The molecule has 0 saturated heterocycles. The molecule has 5 rings (SSSR count). The van der Waals surface area contributed by atoms with Crippen LogP contribution in [-0.2, 0) is 4.79 Å². The Kier molecular flexibility index (Phi) is 6.24. The molecular weight excluding hydrogens is 380 g/mol. The van der Waals surface area contributed by atoms with Crippen molar-refractivity contribution < 1.29 is 9.59 Å². The van der Waals surface area contributed by atoms with Gasteiger partial charge in [0.25, 0.3) is 5.91 Å². The summed E-state index contributed by atoms with van der Waals surface area (Å²) >= 11 is 1.48. The minimum absolute atomic E-state index is 0.0386. The first kappa shape index (κ1) is 20.8. The fourth-order valence-corrected chi connectivity index (χ4v) is 7.12. The van der Waals surface area contributed by atoms with Crippen LogP contribution in [0, 0.1) is 17.8 Å². The van der Waals surface area contributed by atoms with Crippen LogP contribution in [0.4, 0.5) is 0 Å². The van der Waals surface area contributed by atoms with Gasteiger partial charge in [0.2, 0.25) is 5.91 Å². The highest BCUT2D eigenvalue weighted by atomic mass is 32.2. The van der Waals surface area contributed by atoms with E-state index < -0.39 is 0 Å². The largest absolute Gasteiger partial charge is 0.350 e. The standard InChI is InChI=1S/C24H34N2O2S/c1-3-19(4-2)25-23(28)20-7-5-6-8-21(20)29-15-22(27)26-24-12-16-9-17(13-24)11-18(10-16)14-24/h5-8,16-19H,3-4,9-15H2,1-2H3,(H,25,28)(H,26,27). The van der Waals surface area contributed by atoms with Gasteiger partial charge < -0.3 is 10.6 Å². The van der Waals surface area contributed by atoms with Gasteiger partial charge in [-0.2, -0.15) is 0 Å². The van der Waals surface area contributed by atoms with Gasteiger partial charge in [-0.3, -0.25) is 9.59 Å². The Morgan fingerprint density at radius 2 is 1.62 bits per heavy atom. The lowest BCUT2D eigenvalue weighted by molar-refractivity contribution is -0.124. The van der Waals surface area contributed by atoms with E-state index in [1.54, 1.807) is 0 Å². The molecule has 0 aromatic heterocycles. The normalized spacial score (nSPS) is 29.8. The van der Waals surface area contributed by atoms with E-state index in [1.165, 1.54) is 50.3 Å². The molecule has 1 aromatic rings. The van der Waals surface area contributed by atoms with Crippen LogP contribution in [0.3, 0.4) is 0 Å². The molecule has 4 saturated carbocycles. The average molecular weight is 415 g/mol. The van der Waals surface area contributed by atoms with Gasteiger partial charge in [-0.25, -0.2) is 0 Å². The lowest BCUT2D eigenvalue weighted by atomic mass is 9.53. The van der Waals surface area contributed by atoms with Crippen LogP contribution in [0.1, 0.15) is 75.6 Å². The van der Waals surface area contributed by atoms with E-state index in [1.807, 2.05) is 24.3 Å². The van der Waals surface area contributed by atoms with E-state index in [2.05, 4.69) is 24.5 Å². The first-order valence-corrected chi connectivity index (χ1v) is 12.3. The molecule has 4 bridgehead atoms. The summed E-state index contributed by atoms with van der Waals surface area (Å²) < 4.78 is 0. The van der Waals surface area contributed by atoms with Crippen LogP contribution in [0.5, 0.6) is 0 Å². The van der Waals surface area contributed by atoms with Gasteiger partial charge in [-0.15, -0.1) is 11.8 Å². The molecule has 5 heteroatoms. The quantitative estimate of drug-likeness (QED) is 0.602. The van der Waals surface area contributed by atoms with Crippen LogP contribution >= 0.6 is 11.8 Å². The Morgan fingerprint density at radius 3 is 2.21 bits per heavy atom. The molecule has 0 spiro atoms. The maximum absolute atomic E-state index is 12.8. The Labute approximate surface area is 179 Å². The van der Waals surface area contributed by atoms with Crippen molar-refractivity contribution in [1.82, 2.24) is 10.6 Å². The van der Waals surface area contributed by atoms with Crippen molar-refractivity contribution in [1.29, 1.82) is 0 Å². The summed E-state index contributed by atoms with van der Waals surface area (Å²) in [6.07, 6.45) is 9.49. The Morgan fingerprint density at radius 1 is 1.03 bits per heavy atom. The van der Waals surface area contributed by atoms with Crippen molar-refractivity contribution in [3.8, 4) is 0 Å². The molecule has 4 aliphatic rings. The van der Waals surface area contributed by atoms with Gasteiger partial charge in [-0.05, 0) is 81.3 Å². The SMILES string of the molecule is CCC(CC)NC(=O)c1ccccc1SCC(=O)NC12CC3CC(CC(C3)C1)C2. The van der Waals surface area contributed by atoms with Crippen molar-refractivity contribution >= 4 is 23.6 Å². The number of rotatable bonds is 8. The lowest BCUT2D eigenvalue weighted by Gasteiger charge is -2.56. The zero-order chi connectivity index (χ0) is 20.4. The number of hydrogen-bond acceptors (Lipinski definition) is 3. The van der Waals surface area contributed by atoms with E-state index in [-0.39, 0.29) is 23.4 Å². The summed E-state index contributed by atoms with van der Waals surface area (Å²) in [4.78, 5) is 26.4. The van der Waals surface area contributed by atoms with Gasteiger partial charge in [0, 0.05) is 16.5 Å². The summed E-state index contributed by atoms with van der Waals surface area (Å²) in [5.74, 6) is 2.92. The minimum Gasteiger partial charge on any atom is -0.350 e. The van der Waals surface area contributed by atoms with Gasteiger partial charge in [0.05, 0.1) is 11.3 Å². The van der Waals surface area contributed by atoms with E-state index in [4.69, 9.17) is 0 Å². The highest BCUT2D eigenvalue weighted by molar-refractivity contribution is 8.00. The molecule has 0 unspecified atom stereocenters. The molecule has 4 aliphatic carbocycles. The molecule has 0 radical (unpaired) electrons. The molecule has 2 amide bonds. The highest BCUT2D eigenvalue weighted by Gasteiger charge is 2.51. The van der Waals surface area contributed by atoms with Crippen molar-refractivity contribution in [2.75, 3.05) is 5.75 Å². The molecule has 1 aromatic carbocycles. The van der Waals surface area contributed by atoms with Crippen molar-refractivity contribution in [3.05, 3.63) is 29.8 Å². The predicted octanol–water partition coefficient (Wildman–Crippen LogP) is 4.78. The molecular formula is C24H34N2O2S. The minimum atomic E-state index is -0.0386. The highest BCUT2D eigenvalue weighted by Crippen LogP contribution is 2.55. The van der Waals surface area contributed by atoms with E-state index >= 15 is 0 Å². The van der Waals surface area contributed by atoms with Crippen molar-refractivity contribution in [2.24, 2.45) is 17.8 Å². The molecule has 0 aliphatic heterocycles. The number of carbonyl (C=O) groups is 2. The molecule has 0 atom stereocenters. The summed E-state index contributed by atoms with van der Waals surface area (Å²) in [6, 6.07) is 7.83. The number of benzene rings is 1. The van der Waals surface area contributed by atoms with Gasteiger partial charge in [0.1, 0.15) is 0 Å². The molecule has 4 nitrogen and oxygen atoms in total. The Hall–Kier alpha value is -1.49. The predicted molar refractivity (Wildman–Crippen MR) is 118 cm³/mol. The zero-order valence-electron chi connectivity index (χ0n) is 17.7. The van der Waals surface area contributed by atoms with E-state index in [9.17, 15) is 9.59 Å². The van der Waals surface area contributed by atoms with Crippen molar-refractivity contribution in [3.63, 3.8) is 0 Å². The molecule has 158 valence electrons.